The molecule has 130 valence electrons. The van der Waals surface area contributed by atoms with Crippen molar-refractivity contribution in [2.75, 3.05) is 5.32 Å². The fourth-order valence-electron chi connectivity index (χ4n) is 2.63. The minimum Gasteiger partial charge on any atom is -0.447 e. The van der Waals surface area contributed by atoms with Crippen molar-refractivity contribution in [1.29, 1.82) is 0 Å². The van der Waals surface area contributed by atoms with Crippen LogP contribution in [-0.2, 0) is 14.3 Å². The van der Waals surface area contributed by atoms with Gasteiger partial charge in [0.1, 0.15) is 0 Å². The van der Waals surface area contributed by atoms with Crippen LogP contribution in [0.2, 0.25) is 5.02 Å². The number of nitrogens with one attached hydrogen (secondary N) is 1. The lowest BCUT2D eigenvalue weighted by atomic mass is 10.1. The molecule has 0 bridgehead atoms. The average Bonchev–Trinajstić information content (AvgIpc) is 3.33. The van der Waals surface area contributed by atoms with Crippen LogP contribution in [0.4, 0.5) is 5.69 Å². The van der Waals surface area contributed by atoms with Crippen LogP contribution in [0.25, 0.3) is 0 Å². The number of hydrogen-bond donors (Lipinski definition) is 1. The van der Waals surface area contributed by atoms with E-state index in [0.29, 0.717) is 22.2 Å². The summed E-state index contributed by atoms with van der Waals surface area (Å²) in [4.78, 5) is 25.0. The Balaban J connectivity index is 1.79. The van der Waals surface area contributed by atoms with Crippen LogP contribution < -0.4 is 5.32 Å². The van der Waals surface area contributed by atoms with Gasteiger partial charge in [-0.15, -0.1) is 0 Å². The Bertz CT molecular complexity index is 791. The highest BCUT2D eigenvalue weighted by molar-refractivity contribution is 6.31. The van der Waals surface area contributed by atoms with Crippen molar-refractivity contribution in [3.8, 4) is 0 Å². The van der Waals surface area contributed by atoms with Crippen molar-refractivity contribution < 1.29 is 14.3 Å². The van der Waals surface area contributed by atoms with Crippen LogP contribution >= 0.6 is 11.6 Å². The summed E-state index contributed by atoms with van der Waals surface area (Å²) < 4.78 is 5.53. The molecule has 1 amide bonds. The Morgan fingerprint density at radius 2 is 1.88 bits per heavy atom. The van der Waals surface area contributed by atoms with Crippen molar-refractivity contribution in [2.45, 2.75) is 26.4 Å². The van der Waals surface area contributed by atoms with Crippen molar-refractivity contribution in [3.05, 3.63) is 64.7 Å². The summed E-state index contributed by atoms with van der Waals surface area (Å²) in [6, 6.07) is 14.3. The molecule has 0 unspecified atom stereocenters. The third kappa shape index (κ3) is 4.20. The van der Waals surface area contributed by atoms with Gasteiger partial charge in [0.15, 0.2) is 0 Å². The maximum atomic E-state index is 12.7. The van der Waals surface area contributed by atoms with Gasteiger partial charge in [0, 0.05) is 16.3 Å². The number of ether oxygens (including phenoxy) is 1. The first-order chi connectivity index (χ1) is 12.0. The van der Waals surface area contributed by atoms with Gasteiger partial charge in [-0.1, -0.05) is 54.9 Å². The molecule has 1 fully saturated rings. The molecule has 0 heterocycles. The molecule has 3 atom stereocenters. The predicted octanol–water partition coefficient (Wildman–Crippen LogP) is 4.53. The minimum atomic E-state index is -0.985. The van der Waals surface area contributed by atoms with E-state index in [9.17, 15) is 9.59 Å². The van der Waals surface area contributed by atoms with Gasteiger partial charge in [-0.25, -0.2) is 0 Å². The molecule has 0 radical (unpaired) electrons. The molecule has 5 heteroatoms. The lowest BCUT2D eigenvalue weighted by Gasteiger charge is -2.18. The fourth-order valence-corrected chi connectivity index (χ4v) is 2.81. The average molecular weight is 358 g/mol. The molecule has 2 aromatic rings. The Kier molecular flexibility index (Phi) is 5.09. The van der Waals surface area contributed by atoms with Crippen molar-refractivity contribution in [3.63, 3.8) is 0 Å². The summed E-state index contributed by atoms with van der Waals surface area (Å²) in [5.41, 5.74) is 2.13. The highest BCUT2D eigenvalue weighted by Gasteiger charge is 2.42. The van der Waals surface area contributed by atoms with Gasteiger partial charge in [0.05, 0.1) is 5.92 Å². The lowest BCUT2D eigenvalue weighted by Crippen LogP contribution is -2.26. The summed E-state index contributed by atoms with van der Waals surface area (Å²) in [6.07, 6.45) is -0.170. The Hall–Kier alpha value is -2.33. The van der Waals surface area contributed by atoms with Gasteiger partial charge in [0.25, 0.3) is 5.91 Å². The molecule has 1 saturated carbocycles. The van der Waals surface area contributed by atoms with Crippen LogP contribution in [0.5, 0.6) is 0 Å². The van der Waals surface area contributed by atoms with Crippen molar-refractivity contribution in [1.82, 2.24) is 0 Å². The standard InChI is InChI=1S/C20H20ClNO3/c1-12-8-9-15(11-17(12)21)22-19(23)18(14-6-4-3-5-7-14)25-20(24)16-10-13(16)2/h3-9,11,13,16,18H,10H2,1-2H3,(H,22,23)/t13-,16-,18-/m0/s1. The first kappa shape index (κ1) is 17.5. The quantitative estimate of drug-likeness (QED) is 0.800. The smallest absolute Gasteiger partial charge is 0.310 e. The SMILES string of the molecule is Cc1ccc(NC(=O)[C@@H](OC(=O)[C@H]2C[C@@H]2C)c2ccccc2)cc1Cl. The van der Waals surface area contributed by atoms with E-state index in [-0.39, 0.29) is 11.9 Å². The Morgan fingerprint density at radius 1 is 1.20 bits per heavy atom. The van der Waals surface area contributed by atoms with Crippen molar-refractivity contribution >= 4 is 29.2 Å². The first-order valence-corrected chi connectivity index (χ1v) is 8.66. The van der Waals surface area contributed by atoms with Crippen LogP contribution in [0, 0.1) is 18.8 Å². The topological polar surface area (TPSA) is 55.4 Å². The van der Waals surface area contributed by atoms with E-state index >= 15 is 0 Å². The molecule has 0 aromatic heterocycles. The van der Waals surface area contributed by atoms with E-state index in [0.717, 1.165) is 12.0 Å². The van der Waals surface area contributed by atoms with Crippen LogP contribution in [0.1, 0.15) is 30.6 Å². The summed E-state index contributed by atoms with van der Waals surface area (Å²) in [7, 11) is 0. The number of amides is 1. The highest BCUT2D eigenvalue weighted by Crippen LogP contribution is 2.40. The summed E-state index contributed by atoms with van der Waals surface area (Å²) in [5.74, 6) is -0.498. The normalized spacial score (nSPS) is 19.8. The van der Waals surface area contributed by atoms with Crippen LogP contribution in [-0.4, -0.2) is 11.9 Å². The summed E-state index contributed by atoms with van der Waals surface area (Å²) in [6.45, 7) is 3.89. The zero-order valence-corrected chi connectivity index (χ0v) is 14.9. The number of anilines is 1. The molecule has 0 saturated heterocycles. The monoisotopic (exact) mass is 357 g/mol. The van der Waals surface area contributed by atoms with E-state index in [2.05, 4.69) is 5.32 Å². The van der Waals surface area contributed by atoms with E-state index in [4.69, 9.17) is 16.3 Å². The maximum Gasteiger partial charge on any atom is 0.310 e. The van der Waals surface area contributed by atoms with Gasteiger partial charge < -0.3 is 10.1 Å². The maximum absolute atomic E-state index is 12.7. The van der Waals surface area contributed by atoms with Gasteiger partial charge in [0.2, 0.25) is 6.10 Å². The molecular formula is C20H20ClNO3. The zero-order chi connectivity index (χ0) is 18.0. The van der Waals surface area contributed by atoms with Gasteiger partial charge in [-0.05, 0) is 37.0 Å². The molecule has 0 aliphatic heterocycles. The number of benzene rings is 2. The second kappa shape index (κ2) is 7.28. The Labute approximate surface area is 152 Å². The third-order valence-electron chi connectivity index (χ3n) is 4.43. The van der Waals surface area contributed by atoms with Gasteiger partial charge >= 0.3 is 5.97 Å². The number of halogens is 1. The summed E-state index contributed by atoms with van der Waals surface area (Å²) >= 11 is 6.11. The second-order valence-corrected chi connectivity index (χ2v) is 6.91. The molecule has 3 rings (SSSR count). The number of carbonyl (C=O) groups excluding carboxylic acids is 2. The molecule has 2 aromatic carbocycles. The number of esters is 1. The molecule has 1 N–H and O–H groups in total. The molecule has 0 spiro atoms. The largest absolute Gasteiger partial charge is 0.447 e. The first-order valence-electron chi connectivity index (χ1n) is 8.28. The van der Waals surface area contributed by atoms with Gasteiger partial charge in [-0.2, -0.15) is 0 Å². The van der Waals surface area contributed by atoms with Gasteiger partial charge in [-0.3, -0.25) is 9.59 Å². The van der Waals surface area contributed by atoms with E-state index < -0.39 is 12.0 Å². The molecule has 1 aliphatic carbocycles. The lowest BCUT2D eigenvalue weighted by molar-refractivity contribution is -0.156. The number of aryl methyl sites for hydroxylation is 1. The Morgan fingerprint density at radius 3 is 2.48 bits per heavy atom. The van der Waals surface area contributed by atoms with Crippen LogP contribution in [0.3, 0.4) is 0 Å². The highest BCUT2D eigenvalue weighted by atomic mass is 35.5. The van der Waals surface area contributed by atoms with E-state index in [1.165, 1.54) is 0 Å². The van der Waals surface area contributed by atoms with E-state index in [1.54, 1.807) is 24.3 Å². The minimum absolute atomic E-state index is 0.104. The molecule has 1 aliphatic rings. The molecule has 25 heavy (non-hydrogen) atoms. The number of hydrogen-bond acceptors (Lipinski definition) is 3. The second-order valence-electron chi connectivity index (χ2n) is 6.50. The third-order valence-corrected chi connectivity index (χ3v) is 4.83. The van der Waals surface area contributed by atoms with E-state index in [1.807, 2.05) is 38.1 Å². The summed E-state index contributed by atoms with van der Waals surface area (Å²) in [5, 5.41) is 3.35. The fraction of sp³-hybridized carbons (Fsp3) is 0.300. The molecular weight excluding hydrogens is 338 g/mol. The molecule has 4 nitrogen and oxygen atoms in total. The van der Waals surface area contributed by atoms with Crippen molar-refractivity contribution in [2.24, 2.45) is 11.8 Å². The zero-order valence-electron chi connectivity index (χ0n) is 14.2. The number of carbonyl (C=O) groups is 2. The van der Waals surface area contributed by atoms with Crippen LogP contribution in [0.15, 0.2) is 48.5 Å². The number of rotatable bonds is 5. The predicted molar refractivity (Wildman–Crippen MR) is 97.4 cm³/mol.